The highest BCUT2D eigenvalue weighted by molar-refractivity contribution is 5.85. The molecule has 3 rings (SSSR count). The van der Waals surface area contributed by atoms with Gasteiger partial charge < -0.3 is 15.6 Å². The van der Waals surface area contributed by atoms with Crippen LogP contribution in [0.1, 0.15) is 24.8 Å². The van der Waals surface area contributed by atoms with E-state index in [2.05, 4.69) is 9.97 Å². The maximum atomic E-state index is 11.1. The molecule has 6 nitrogen and oxygen atoms in total. The Morgan fingerprint density at radius 3 is 2.60 bits per heavy atom. The second kappa shape index (κ2) is 7.27. The van der Waals surface area contributed by atoms with Crippen LogP contribution in [0, 0.1) is 0 Å². The van der Waals surface area contributed by atoms with Gasteiger partial charge in [-0.15, -0.1) is 0 Å². The number of nitrogens with two attached hydrogens (primary N) is 1. The number of carboxylic acids is 1. The number of aliphatic carboxylic acids is 1. The van der Waals surface area contributed by atoms with Crippen LogP contribution in [0.5, 0.6) is 11.6 Å². The maximum absolute atomic E-state index is 11.1. The molecule has 0 radical (unpaired) electrons. The Morgan fingerprint density at radius 1 is 1.20 bits per heavy atom. The molecule has 128 valence electrons. The number of aromatic nitrogens is 2. The number of ether oxygens (including phenoxy) is 1. The van der Waals surface area contributed by atoms with Gasteiger partial charge in [-0.3, -0.25) is 9.78 Å². The Hall–Kier alpha value is -2.99. The van der Waals surface area contributed by atoms with Crippen molar-refractivity contribution in [2.45, 2.75) is 25.3 Å². The number of nitrogens with zero attached hydrogens (tertiary/aromatic N) is 2. The van der Waals surface area contributed by atoms with Gasteiger partial charge >= 0.3 is 5.97 Å². The molecule has 3 N–H and O–H groups in total. The number of hydrogen-bond donors (Lipinski definition) is 2. The summed E-state index contributed by atoms with van der Waals surface area (Å²) in [7, 11) is 0. The number of pyridine rings is 2. The fourth-order valence-electron chi connectivity index (χ4n) is 2.83. The predicted molar refractivity (Wildman–Crippen MR) is 94.7 cm³/mol. The van der Waals surface area contributed by atoms with Crippen molar-refractivity contribution in [3.8, 4) is 11.6 Å². The lowest BCUT2D eigenvalue weighted by atomic mass is 9.89. The number of benzene rings is 1. The van der Waals surface area contributed by atoms with Crippen LogP contribution in [-0.4, -0.2) is 27.1 Å². The monoisotopic (exact) mass is 337 g/mol. The summed E-state index contributed by atoms with van der Waals surface area (Å²) < 4.78 is 5.87. The van der Waals surface area contributed by atoms with Crippen LogP contribution in [0.25, 0.3) is 10.8 Å². The molecule has 6 heteroatoms. The minimum atomic E-state index is -1.00. The molecule has 0 fully saturated rings. The first-order chi connectivity index (χ1) is 12.1. The Balaban J connectivity index is 1.84. The predicted octanol–water partition coefficient (Wildman–Crippen LogP) is 3.33. The molecule has 1 aromatic carbocycles. The molecule has 0 bridgehead atoms. The van der Waals surface area contributed by atoms with E-state index < -0.39 is 12.0 Å². The number of rotatable bonds is 6. The lowest BCUT2D eigenvalue weighted by Crippen LogP contribution is -2.36. The Labute approximate surface area is 145 Å². The summed E-state index contributed by atoms with van der Waals surface area (Å²) in [5.74, 6) is -0.148. The zero-order valence-corrected chi connectivity index (χ0v) is 13.8. The van der Waals surface area contributed by atoms with Gasteiger partial charge in [0.15, 0.2) is 0 Å². The van der Waals surface area contributed by atoms with Gasteiger partial charge in [0.2, 0.25) is 5.88 Å². The topological polar surface area (TPSA) is 98.3 Å². The number of carbonyl (C=O) groups is 1. The van der Waals surface area contributed by atoms with Crippen LogP contribution in [0.4, 0.5) is 0 Å². The molecule has 2 heterocycles. The van der Waals surface area contributed by atoms with Crippen molar-refractivity contribution in [2.75, 3.05) is 0 Å². The largest absolute Gasteiger partial charge is 0.480 e. The van der Waals surface area contributed by atoms with Crippen molar-refractivity contribution >= 4 is 16.7 Å². The van der Waals surface area contributed by atoms with Gasteiger partial charge in [0, 0.05) is 24.5 Å². The van der Waals surface area contributed by atoms with E-state index in [9.17, 15) is 4.79 Å². The lowest BCUT2D eigenvalue weighted by Gasteiger charge is -2.19. The van der Waals surface area contributed by atoms with Gasteiger partial charge in [-0.1, -0.05) is 19.1 Å². The second-order valence-electron chi connectivity index (χ2n) is 5.76. The summed E-state index contributed by atoms with van der Waals surface area (Å²) in [4.78, 5) is 19.5. The molecule has 0 saturated heterocycles. The van der Waals surface area contributed by atoms with E-state index >= 15 is 0 Å². The van der Waals surface area contributed by atoms with Crippen LogP contribution in [0.15, 0.2) is 55.0 Å². The summed E-state index contributed by atoms with van der Waals surface area (Å²) in [5.41, 5.74) is 6.65. The number of fused-ring (bicyclic) bond motifs is 1. The minimum Gasteiger partial charge on any atom is -0.480 e. The molecular weight excluding hydrogens is 318 g/mol. The van der Waals surface area contributed by atoms with Gasteiger partial charge in [-0.25, -0.2) is 4.98 Å². The van der Waals surface area contributed by atoms with Gasteiger partial charge in [-0.2, -0.15) is 0 Å². The van der Waals surface area contributed by atoms with E-state index in [-0.39, 0.29) is 5.92 Å². The summed E-state index contributed by atoms with van der Waals surface area (Å²) in [6.07, 6.45) is 5.76. The van der Waals surface area contributed by atoms with Gasteiger partial charge in [0.25, 0.3) is 0 Å². The molecule has 0 amide bonds. The summed E-state index contributed by atoms with van der Waals surface area (Å²) in [5, 5.41) is 11.0. The molecule has 0 aliphatic carbocycles. The first-order valence-corrected chi connectivity index (χ1v) is 8.05. The number of carboxylic acid groups (broad SMARTS) is 1. The molecule has 2 unspecified atom stereocenters. The highest BCUT2D eigenvalue weighted by atomic mass is 16.5. The molecule has 25 heavy (non-hydrogen) atoms. The average Bonchev–Trinajstić information content (AvgIpc) is 2.64. The minimum absolute atomic E-state index is 0.244. The van der Waals surface area contributed by atoms with E-state index in [1.165, 1.54) is 0 Å². The Bertz CT molecular complexity index is 875. The van der Waals surface area contributed by atoms with Crippen LogP contribution >= 0.6 is 0 Å². The Morgan fingerprint density at radius 2 is 1.92 bits per heavy atom. The third-order valence-corrected chi connectivity index (χ3v) is 4.21. The highest BCUT2D eigenvalue weighted by Gasteiger charge is 2.24. The zero-order chi connectivity index (χ0) is 17.8. The summed E-state index contributed by atoms with van der Waals surface area (Å²) in [6, 6.07) is 10.1. The van der Waals surface area contributed by atoms with Crippen molar-refractivity contribution in [2.24, 2.45) is 5.73 Å². The van der Waals surface area contributed by atoms with Crippen molar-refractivity contribution < 1.29 is 14.6 Å². The average molecular weight is 337 g/mol. The van der Waals surface area contributed by atoms with E-state index in [0.717, 1.165) is 16.3 Å². The summed E-state index contributed by atoms with van der Waals surface area (Å²) in [6.45, 7) is 1.92. The van der Waals surface area contributed by atoms with Crippen LogP contribution in [-0.2, 0) is 4.79 Å². The molecule has 2 atom stereocenters. The van der Waals surface area contributed by atoms with Gasteiger partial charge in [0.05, 0.1) is 5.39 Å². The van der Waals surface area contributed by atoms with Crippen molar-refractivity contribution in [3.05, 3.63) is 60.6 Å². The van der Waals surface area contributed by atoms with Crippen LogP contribution in [0.3, 0.4) is 0 Å². The van der Waals surface area contributed by atoms with Crippen molar-refractivity contribution in [3.63, 3.8) is 0 Å². The second-order valence-corrected chi connectivity index (χ2v) is 5.76. The van der Waals surface area contributed by atoms with Crippen molar-refractivity contribution in [1.82, 2.24) is 9.97 Å². The first kappa shape index (κ1) is 16.9. The SMILES string of the molecule is CCC(c1ccc(Oc2nccc3ccncc23)cc1)C(N)C(=O)O. The van der Waals surface area contributed by atoms with Gasteiger partial charge in [0.1, 0.15) is 11.8 Å². The van der Waals surface area contributed by atoms with Crippen LogP contribution < -0.4 is 10.5 Å². The third kappa shape index (κ3) is 3.59. The van der Waals surface area contributed by atoms with E-state index in [4.69, 9.17) is 15.6 Å². The molecular formula is C19H19N3O3. The first-order valence-electron chi connectivity index (χ1n) is 8.05. The number of hydrogen-bond acceptors (Lipinski definition) is 5. The zero-order valence-electron chi connectivity index (χ0n) is 13.8. The quantitative estimate of drug-likeness (QED) is 0.716. The molecule has 0 aliphatic rings. The fraction of sp³-hybridized carbons (Fsp3) is 0.211. The van der Waals surface area contributed by atoms with Crippen LogP contribution in [0.2, 0.25) is 0 Å². The third-order valence-electron chi connectivity index (χ3n) is 4.21. The normalized spacial score (nSPS) is 13.4. The molecule has 3 aromatic rings. The highest BCUT2D eigenvalue weighted by Crippen LogP contribution is 2.29. The smallest absolute Gasteiger partial charge is 0.321 e. The standard InChI is InChI=1S/C19H19N3O3/c1-2-15(17(20)19(23)24)12-3-5-14(6-4-12)25-18-16-11-21-9-7-13(16)8-10-22-18/h3-11,15,17H,2,20H2,1H3,(H,23,24). The van der Waals surface area contributed by atoms with Crippen molar-refractivity contribution in [1.29, 1.82) is 0 Å². The van der Waals surface area contributed by atoms with E-state index in [1.54, 1.807) is 30.7 Å². The molecule has 2 aromatic heterocycles. The molecule has 0 aliphatic heterocycles. The van der Waals surface area contributed by atoms with E-state index in [1.807, 2.05) is 31.2 Å². The van der Waals surface area contributed by atoms with E-state index in [0.29, 0.717) is 18.1 Å². The lowest BCUT2D eigenvalue weighted by molar-refractivity contribution is -0.139. The van der Waals surface area contributed by atoms with Gasteiger partial charge in [-0.05, 0) is 41.6 Å². The summed E-state index contributed by atoms with van der Waals surface area (Å²) >= 11 is 0. The fourth-order valence-corrected chi connectivity index (χ4v) is 2.83. The molecule has 0 saturated carbocycles. The Kier molecular flexibility index (Phi) is 4.90. The maximum Gasteiger partial charge on any atom is 0.321 e. The molecule has 0 spiro atoms.